The van der Waals surface area contributed by atoms with Gasteiger partial charge >= 0.3 is 0 Å². The number of benzene rings is 3. The van der Waals surface area contributed by atoms with E-state index >= 15 is 0 Å². The molecule has 34 heavy (non-hydrogen) atoms. The number of nitrogens with two attached hydrogens (primary N) is 1. The number of ether oxygens (including phenoxy) is 1. The maximum absolute atomic E-state index is 9.69. The first-order chi connectivity index (χ1) is 16.7. The third kappa shape index (κ3) is 4.60. The van der Waals surface area contributed by atoms with Crippen molar-refractivity contribution >= 4 is 22.9 Å². The minimum atomic E-state index is 0.212. The van der Waals surface area contributed by atoms with Crippen LogP contribution in [0, 0.1) is 23.4 Å². The van der Waals surface area contributed by atoms with Crippen molar-refractivity contribution in [3.05, 3.63) is 71.8 Å². The van der Waals surface area contributed by atoms with Crippen molar-refractivity contribution in [3.8, 4) is 35.0 Å². The number of hydrogen-bond acceptors (Lipinski definition) is 7. The molecule has 7 nitrogen and oxygen atoms in total. The number of hydrogen-bond donors (Lipinski definition) is 4. The first kappa shape index (κ1) is 21.2. The van der Waals surface area contributed by atoms with Crippen LogP contribution in [0.25, 0.3) is 11.1 Å². The molecule has 168 valence electrons. The van der Waals surface area contributed by atoms with E-state index in [4.69, 9.17) is 10.5 Å². The minimum Gasteiger partial charge on any atom is -0.489 e. The standard InChI is InChI=1S/C27H24N6O/c28-17-21-14-19(9-11-26(21)34-23-6-1-2-7-23)18-4-3-5-22(15-18)32-25-16-20(8-10-24(25)29)27-30-12-13-31-33-27/h3-5,8-11,14-16,23,31-32H,1-2,6-7,29H2,(H,30,33). The Hall–Kier alpha value is -4.62. The molecule has 0 spiro atoms. The third-order valence-electron chi connectivity index (χ3n) is 5.96. The van der Waals surface area contributed by atoms with Gasteiger partial charge in [0.25, 0.3) is 0 Å². The van der Waals surface area contributed by atoms with Gasteiger partial charge in [-0.25, -0.2) is 0 Å². The Kier molecular flexibility index (Phi) is 5.92. The quantitative estimate of drug-likeness (QED) is 0.323. The largest absolute Gasteiger partial charge is 0.489 e. The number of nitrogen functional groups attached to an aromatic ring is 1. The lowest BCUT2D eigenvalue weighted by Crippen LogP contribution is -2.36. The van der Waals surface area contributed by atoms with E-state index in [0.717, 1.165) is 40.9 Å². The molecule has 0 atom stereocenters. The van der Waals surface area contributed by atoms with Gasteiger partial charge < -0.3 is 15.8 Å². The molecular formula is C27H24N6O. The van der Waals surface area contributed by atoms with Crippen molar-refractivity contribution in [2.75, 3.05) is 11.1 Å². The first-order valence-corrected chi connectivity index (χ1v) is 11.3. The minimum absolute atomic E-state index is 0.212. The number of amidine groups is 1. The fraction of sp³-hybridized carbons (Fsp3) is 0.185. The van der Waals surface area contributed by atoms with Crippen LogP contribution in [0.2, 0.25) is 0 Å². The molecule has 3 aromatic carbocycles. The Morgan fingerprint density at radius 3 is 2.65 bits per heavy atom. The summed E-state index contributed by atoms with van der Waals surface area (Å²) in [6.07, 6.45) is 4.70. The predicted molar refractivity (Wildman–Crippen MR) is 134 cm³/mol. The molecule has 1 aliphatic heterocycles. The highest BCUT2D eigenvalue weighted by Gasteiger charge is 2.18. The van der Waals surface area contributed by atoms with Gasteiger partial charge in [-0.2, -0.15) is 10.3 Å². The molecule has 1 aliphatic carbocycles. The predicted octanol–water partition coefficient (Wildman–Crippen LogP) is 4.65. The number of nitrogens with one attached hydrogen (secondary N) is 3. The van der Waals surface area contributed by atoms with Crippen LogP contribution >= 0.6 is 0 Å². The second kappa shape index (κ2) is 9.48. The summed E-state index contributed by atoms with van der Waals surface area (Å²) in [5.74, 6) is 1.29. The zero-order chi connectivity index (χ0) is 23.3. The van der Waals surface area contributed by atoms with Gasteiger partial charge in [-0.3, -0.25) is 10.9 Å². The van der Waals surface area contributed by atoms with Crippen molar-refractivity contribution in [3.63, 3.8) is 0 Å². The van der Waals surface area contributed by atoms with Gasteiger partial charge in [0.2, 0.25) is 0 Å². The number of rotatable bonds is 6. The molecule has 1 saturated carbocycles. The number of hydrazine groups is 1. The molecule has 5 rings (SSSR count). The average molecular weight is 449 g/mol. The summed E-state index contributed by atoms with van der Waals surface area (Å²) in [5, 5.41) is 13.1. The Morgan fingerprint density at radius 2 is 1.85 bits per heavy atom. The van der Waals surface area contributed by atoms with E-state index in [1.807, 2.05) is 60.7 Å². The van der Waals surface area contributed by atoms with E-state index in [0.29, 0.717) is 22.8 Å². The molecule has 0 radical (unpaired) electrons. The molecule has 2 aliphatic rings. The summed E-state index contributed by atoms with van der Waals surface area (Å²) >= 11 is 0. The highest BCUT2D eigenvalue weighted by molar-refractivity contribution is 6.01. The van der Waals surface area contributed by atoms with E-state index in [9.17, 15) is 5.26 Å². The molecule has 1 heterocycles. The lowest BCUT2D eigenvalue weighted by molar-refractivity contribution is 0.209. The van der Waals surface area contributed by atoms with Gasteiger partial charge in [-0.05, 0) is 79.3 Å². The summed E-state index contributed by atoms with van der Waals surface area (Å²) in [5.41, 5.74) is 17.5. The molecule has 5 N–H and O–H groups in total. The van der Waals surface area contributed by atoms with Gasteiger partial charge in [-0.15, -0.1) is 0 Å². The second-order valence-corrected chi connectivity index (χ2v) is 8.30. The molecule has 7 heteroatoms. The van der Waals surface area contributed by atoms with Crippen LogP contribution < -0.4 is 26.6 Å². The zero-order valence-electron chi connectivity index (χ0n) is 18.6. The van der Waals surface area contributed by atoms with Crippen LogP contribution in [-0.4, -0.2) is 11.9 Å². The molecule has 0 aromatic heterocycles. The van der Waals surface area contributed by atoms with Crippen LogP contribution in [-0.2, 0) is 0 Å². The lowest BCUT2D eigenvalue weighted by atomic mass is 10.0. The summed E-state index contributed by atoms with van der Waals surface area (Å²) in [6.45, 7) is 0. The van der Waals surface area contributed by atoms with Gasteiger partial charge in [-0.1, -0.05) is 18.2 Å². The van der Waals surface area contributed by atoms with E-state index in [-0.39, 0.29) is 6.10 Å². The number of anilines is 3. The molecule has 0 saturated heterocycles. The van der Waals surface area contributed by atoms with Crippen LogP contribution in [0.1, 0.15) is 36.8 Å². The van der Waals surface area contributed by atoms with Crippen LogP contribution in [0.15, 0.2) is 65.7 Å². The van der Waals surface area contributed by atoms with Crippen LogP contribution in [0.3, 0.4) is 0 Å². The monoisotopic (exact) mass is 448 g/mol. The fourth-order valence-electron chi connectivity index (χ4n) is 4.20. The molecule has 0 amide bonds. The van der Waals surface area contributed by atoms with E-state index in [2.05, 4.69) is 39.3 Å². The molecule has 1 fully saturated rings. The van der Waals surface area contributed by atoms with Gasteiger partial charge in [0.05, 0.1) is 35.1 Å². The zero-order valence-corrected chi connectivity index (χ0v) is 18.6. The third-order valence-corrected chi connectivity index (χ3v) is 5.96. The van der Waals surface area contributed by atoms with E-state index in [1.54, 1.807) is 0 Å². The fourth-order valence-corrected chi connectivity index (χ4v) is 4.20. The normalized spacial score (nSPS) is 14.6. The van der Waals surface area contributed by atoms with Gasteiger partial charge in [0.15, 0.2) is 5.84 Å². The Balaban J connectivity index is 1.39. The van der Waals surface area contributed by atoms with Crippen molar-refractivity contribution in [2.24, 2.45) is 4.99 Å². The van der Waals surface area contributed by atoms with Crippen molar-refractivity contribution in [1.29, 1.82) is 5.26 Å². The molecular weight excluding hydrogens is 424 g/mol. The smallest absolute Gasteiger partial charge is 0.162 e. The molecule has 3 aromatic rings. The topological polar surface area (TPSA) is 107 Å². The van der Waals surface area contributed by atoms with Crippen molar-refractivity contribution in [2.45, 2.75) is 31.8 Å². The van der Waals surface area contributed by atoms with Crippen LogP contribution in [0.5, 0.6) is 5.75 Å². The average Bonchev–Trinajstić information content (AvgIpc) is 3.39. The maximum Gasteiger partial charge on any atom is 0.162 e. The lowest BCUT2D eigenvalue weighted by Gasteiger charge is -2.16. The second-order valence-electron chi connectivity index (χ2n) is 8.30. The number of nitriles is 1. The molecule has 0 unspecified atom stereocenters. The van der Waals surface area contributed by atoms with E-state index < -0.39 is 0 Å². The maximum atomic E-state index is 9.69. The Morgan fingerprint density at radius 1 is 1.03 bits per heavy atom. The summed E-state index contributed by atoms with van der Waals surface area (Å²) < 4.78 is 6.09. The van der Waals surface area contributed by atoms with Crippen molar-refractivity contribution in [1.82, 2.24) is 10.9 Å². The Labute approximate surface area is 198 Å². The summed E-state index contributed by atoms with van der Waals surface area (Å²) in [6, 6.07) is 27.0. The highest BCUT2D eigenvalue weighted by Crippen LogP contribution is 2.32. The van der Waals surface area contributed by atoms with Crippen LogP contribution in [0.4, 0.5) is 17.1 Å². The molecule has 0 bridgehead atoms. The van der Waals surface area contributed by atoms with Gasteiger partial charge in [0, 0.05) is 11.3 Å². The first-order valence-electron chi connectivity index (χ1n) is 11.3. The van der Waals surface area contributed by atoms with E-state index in [1.165, 1.54) is 12.8 Å². The van der Waals surface area contributed by atoms with Crippen molar-refractivity contribution < 1.29 is 4.74 Å². The Bertz CT molecular complexity index is 1360. The van der Waals surface area contributed by atoms with Gasteiger partial charge in [0.1, 0.15) is 11.8 Å². The number of nitrogens with zero attached hydrogens (tertiary/aromatic N) is 2. The summed E-state index contributed by atoms with van der Waals surface area (Å²) in [7, 11) is 0. The highest BCUT2D eigenvalue weighted by atomic mass is 16.5. The summed E-state index contributed by atoms with van der Waals surface area (Å²) in [4.78, 5) is 4.16. The number of aliphatic imine (C=N–C) groups is 1. The SMILES string of the molecule is N#Cc1cc(-c2cccc(Nc3cc(C4=NC#CNN4)ccc3N)c2)ccc1OC1CCCC1.